The van der Waals surface area contributed by atoms with E-state index in [0.717, 1.165) is 42.9 Å². The number of carbonyl (C=O) groups excluding carboxylic acids is 1. The molecular weight excluding hydrogens is 320 g/mol. The number of benzene rings is 2. The zero-order valence-electron chi connectivity index (χ0n) is 15.6. The number of piperidine rings is 1. The highest BCUT2D eigenvalue weighted by Crippen LogP contribution is 2.40. The van der Waals surface area contributed by atoms with Crippen molar-refractivity contribution in [2.75, 3.05) is 18.0 Å². The number of fused-ring (bicyclic) bond motifs is 1. The molecule has 2 heterocycles. The van der Waals surface area contributed by atoms with E-state index in [1.165, 1.54) is 5.56 Å². The average Bonchev–Trinajstić information content (AvgIpc) is 2.94. The van der Waals surface area contributed by atoms with Crippen molar-refractivity contribution in [1.29, 1.82) is 0 Å². The Labute approximate surface area is 155 Å². The van der Waals surface area contributed by atoms with Crippen LogP contribution in [0.1, 0.15) is 31.4 Å². The predicted octanol–water partition coefficient (Wildman–Crippen LogP) is 4.35. The van der Waals surface area contributed by atoms with Gasteiger partial charge in [0, 0.05) is 36.8 Å². The fourth-order valence-corrected chi connectivity index (χ4v) is 4.46. The van der Waals surface area contributed by atoms with Crippen LogP contribution in [0.3, 0.4) is 0 Å². The van der Waals surface area contributed by atoms with Crippen molar-refractivity contribution in [3.05, 3.63) is 71.8 Å². The number of anilines is 1. The largest absolute Gasteiger partial charge is 0.304 e. The fraction of sp³-hybridized carbons (Fsp3) is 0.348. The van der Waals surface area contributed by atoms with Gasteiger partial charge in [-0.25, -0.2) is 0 Å². The van der Waals surface area contributed by atoms with Gasteiger partial charge in [0.05, 0.1) is 5.69 Å². The average molecular weight is 346 g/mol. The van der Waals surface area contributed by atoms with Crippen LogP contribution in [0, 0.1) is 5.92 Å². The van der Waals surface area contributed by atoms with Crippen molar-refractivity contribution >= 4 is 17.2 Å². The predicted molar refractivity (Wildman–Crippen MR) is 107 cm³/mol. The van der Waals surface area contributed by atoms with Gasteiger partial charge in [-0.2, -0.15) is 0 Å². The summed E-state index contributed by atoms with van der Waals surface area (Å²) < 4.78 is 0. The summed E-state index contributed by atoms with van der Waals surface area (Å²) in [7, 11) is 0. The zero-order chi connectivity index (χ0) is 18.1. The number of rotatable bonds is 3. The van der Waals surface area contributed by atoms with Crippen LogP contribution in [0.2, 0.25) is 0 Å². The van der Waals surface area contributed by atoms with Gasteiger partial charge in [-0.3, -0.25) is 9.69 Å². The van der Waals surface area contributed by atoms with E-state index >= 15 is 0 Å². The Morgan fingerprint density at radius 3 is 2.54 bits per heavy atom. The summed E-state index contributed by atoms with van der Waals surface area (Å²) in [6, 6.07) is 19.1. The first-order valence-electron chi connectivity index (χ1n) is 9.54. The van der Waals surface area contributed by atoms with Crippen LogP contribution in [0.15, 0.2) is 60.7 Å². The molecular formula is C23H26N2O. The van der Waals surface area contributed by atoms with Crippen LogP contribution < -0.4 is 4.90 Å². The minimum Gasteiger partial charge on any atom is -0.304 e. The van der Waals surface area contributed by atoms with Crippen molar-refractivity contribution in [2.45, 2.75) is 32.9 Å². The molecule has 0 N–H and O–H groups in total. The lowest BCUT2D eigenvalue weighted by molar-refractivity contribution is -0.113. The molecule has 1 amide bonds. The lowest BCUT2D eigenvalue weighted by atomic mass is 9.92. The highest BCUT2D eigenvalue weighted by atomic mass is 16.2. The van der Waals surface area contributed by atoms with Gasteiger partial charge in [0.25, 0.3) is 5.91 Å². The first kappa shape index (κ1) is 17.0. The Morgan fingerprint density at radius 2 is 1.81 bits per heavy atom. The second-order valence-corrected chi connectivity index (χ2v) is 7.45. The van der Waals surface area contributed by atoms with Crippen molar-refractivity contribution in [3.8, 4) is 0 Å². The molecule has 0 aliphatic carbocycles. The topological polar surface area (TPSA) is 23.6 Å². The van der Waals surface area contributed by atoms with Crippen LogP contribution in [0.4, 0.5) is 5.69 Å². The van der Waals surface area contributed by atoms with Crippen LogP contribution in [0.25, 0.3) is 5.57 Å². The number of likely N-dealkylation sites (tertiary alicyclic amines) is 1. The molecule has 0 radical (unpaired) electrons. The molecule has 2 aliphatic heterocycles. The smallest absolute Gasteiger partial charge is 0.258 e. The second-order valence-electron chi connectivity index (χ2n) is 7.45. The van der Waals surface area contributed by atoms with Gasteiger partial charge < -0.3 is 4.90 Å². The minimum atomic E-state index is 0.169. The Hall–Kier alpha value is -2.39. The van der Waals surface area contributed by atoms with Gasteiger partial charge in [-0.1, -0.05) is 61.5 Å². The van der Waals surface area contributed by atoms with Gasteiger partial charge in [0.2, 0.25) is 0 Å². The highest BCUT2D eigenvalue weighted by molar-refractivity contribution is 6.32. The molecule has 0 aromatic heterocycles. The van der Waals surface area contributed by atoms with Gasteiger partial charge in [0.1, 0.15) is 0 Å². The first-order valence-corrected chi connectivity index (χ1v) is 9.54. The van der Waals surface area contributed by atoms with Crippen molar-refractivity contribution in [3.63, 3.8) is 0 Å². The Balaban J connectivity index is 1.52. The maximum absolute atomic E-state index is 13.1. The number of allylic oxidation sites excluding steroid dienone is 1. The van der Waals surface area contributed by atoms with Gasteiger partial charge >= 0.3 is 0 Å². The lowest BCUT2D eigenvalue weighted by Gasteiger charge is -2.41. The molecule has 3 heteroatoms. The van der Waals surface area contributed by atoms with Crippen LogP contribution in [-0.4, -0.2) is 29.9 Å². The number of nitrogens with zero attached hydrogens (tertiary/aromatic N) is 2. The third-order valence-electron chi connectivity index (χ3n) is 5.72. The number of hydrogen-bond acceptors (Lipinski definition) is 2. The van der Waals surface area contributed by atoms with Crippen molar-refractivity contribution in [2.24, 2.45) is 5.92 Å². The fourth-order valence-electron chi connectivity index (χ4n) is 4.46. The standard InChI is InChI=1S/C23H26N2O/c1-3-19-20-11-7-8-12-22(20)25(23(19)26)21-13-14-24(15-17(21)2)16-18-9-5-4-6-10-18/h3-12,17,21H,13-16H2,1-2H3/b19-3-/t17-,21-/m1/s1. The van der Waals surface area contributed by atoms with E-state index in [1.54, 1.807) is 0 Å². The van der Waals surface area contributed by atoms with Crippen molar-refractivity contribution in [1.82, 2.24) is 4.90 Å². The molecule has 2 atom stereocenters. The number of amides is 1. The van der Waals surface area contributed by atoms with E-state index in [4.69, 9.17) is 0 Å². The van der Waals surface area contributed by atoms with Gasteiger partial charge in [-0.05, 0) is 30.9 Å². The molecule has 134 valence electrons. The third kappa shape index (κ3) is 2.97. The molecule has 2 aliphatic rings. The van der Waals surface area contributed by atoms with E-state index in [1.807, 2.05) is 25.1 Å². The van der Waals surface area contributed by atoms with E-state index in [0.29, 0.717) is 5.92 Å². The summed E-state index contributed by atoms with van der Waals surface area (Å²) in [5.41, 5.74) is 4.37. The summed E-state index contributed by atoms with van der Waals surface area (Å²) >= 11 is 0. The SMILES string of the molecule is C/C=C1\C(=O)N([C@@H]2CCN(Cc3ccccc3)C[C@H]2C)c2ccccc21. The highest BCUT2D eigenvalue weighted by Gasteiger charge is 2.40. The Bertz CT molecular complexity index is 827. The molecule has 2 aromatic carbocycles. The molecule has 3 nitrogen and oxygen atoms in total. The van der Waals surface area contributed by atoms with Gasteiger partial charge in [-0.15, -0.1) is 0 Å². The monoisotopic (exact) mass is 346 g/mol. The van der Waals surface area contributed by atoms with E-state index in [-0.39, 0.29) is 11.9 Å². The molecule has 2 aromatic rings. The molecule has 1 fully saturated rings. The number of hydrogen-bond donors (Lipinski definition) is 0. The summed E-state index contributed by atoms with van der Waals surface area (Å²) in [4.78, 5) is 17.6. The quantitative estimate of drug-likeness (QED) is 0.772. The van der Waals surface area contributed by atoms with E-state index in [2.05, 4.69) is 59.2 Å². The van der Waals surface area contributed by atoms with E-state index < -0.39 is 0 Å². The second kappa shape index (κ2) is 7.08. The van der Waals surface area contributed by atoms with Crippen LogP contribution in [0.5, 0.6) is 0 Å². The molecule has 26 heavy (non-hydrogen) atoms. The Kier molecular flexibility index (Phi) is 4.64. The normalized spacial score (nSPS) is 24.9. The van der Waals surface area contributed by atoms with Crippen LogP contribution in [-0.2, 0) is 11.3 Å². The first-order chi connectivity index (χ1) is 12.7. The lowest BCUT2D eigenvalue weighted by Crippen LogP contribution is -2.51. The maximum Gasteiger partial charge on any atom is 0.258 e. The zero-order valence-corrected chi connectivity index (χ0v) is 15.6. The maximum atomic E-state index is 13.1. The molecule has 0 unspecified atom stereocenters. The third-order valence-corrected chi connectivity index (χ3v) is 5.72. The Morgan fingerprint density at radius 1 is 1.08 bits per heavy atom. The molecule has 0 saturated carbocycles. The summed E-state index contributed by atoms with van der Waals surface area (Å²) in [5.74, 6) is 0.614. The van der Waals surface area contributed by atoms with E-state index in [9.17, 15) is 4.79 Å². The summed E-state index contributed by atoms with van der Waals surface area (Å²) in [6.07, 6.45) is 2.97. The van der Waals surface area contributed by atoms with Gasteiger partial charge in [0.15, 0.2) is 0 Å². The minimum absolute atomic E-state index is 0.169. The number of carbonyl (C=O) groups is 1. The van der Waals surface area contributed by atoms with Crippen LogP contribution >= 0.6 is 0 Å². The summed E-state index contributed by atoms with van der Waals surface area (Å²) in [5, 5.41) is 0. The molecule has 0 bridgehead atoms. The summed E-state index contributed by atoms with van der Waals surface area (Å²) in [6.45, 7) is 7.28. The molecule has 0 spiro atoms. The molecule has 4 rings (SSSR count). The molecule has 1 saturated heterocycles. The van der Waals surface area contributed by atoms with Crippen molar-refractivity contribution < 1.29 is 4.79 Å². The number of para-hydroxylation sites is 1.